The summed E-state index contributed by atoms with van der Waals surface area (Å²) in [6.07, 6.45) is 0.439. The lowest BCUT2D eigenvalue weighted by Gasteiger charge is -2.29. The second-order valence-corrected chi connectivity index (χ2v) is 7.20. The molecule has 0 saturated carbocycles. The topological polar surface area (TPSA) is 49.4 Å². The largest absolute Gasteiger partial charge is 0.350 e. The molecule has 3 rings (SSSR count). The predicted molar refractivity (Wildman–Crippen MR) is 102 cm³/mol. The summed E-state index contributed by atoms with van der Waals surface area (Å²) >= 11 is 1.77. The summed E-state index contributed by atoms with van der Waals surface area (Å²) in [6.45, 7) is 2.65. The number of nitrogens with one attached hydrogen (secondary N) is 1. The molecule has 0 radical (unpaired) electrons. The highest BCUT2D eigenvalue weighted by Crippen LogP contribution is 2.34. The van der Waals surface area contributed by atoms with Crippen LogP contribution in [0.4, 0.5) is 5.69 Å². The number of nitrogens with zero attached hydrogens (tertiary/aromatic N) is 1. The van der Waals surface area contributed by atoms with E-state index in [4.69, 9.17) is 0 Å². The molecule has 0 unspecified atom stereocenters. The van der Waals surface area contributed by atoms with E-state index in [-0.39, 0.29) is 30.7 Å². The zero-order chi connectivity index (χ0) is 17.6. The van der Waals surface area contributed by atoms with Crippen LogP contribution in [0.5, 0.6) is 0 Å². The molecular formula is C20H22N2O2S. The number of amides is 2. The van der Waals surface area contributed by atoms with Gasteiger partial charge in [-0.2, -0.15) is 0 Å². The molecule has 2 aromatic rings. The summed E-state index contributed by atoms with van der Waals surface area (Å²) in [5, 5.41) is 2.96. The molecule has 0 aromatic heterocycles. The highest BCUT2D eigenvalue weighted by atomic mass is 32.2. The fourth-order valence-electron chi connectivity index (χ4n) is 2.92. The average molecular weight is 354 g/mol. The lowest BCUT2D eigenvalue weighted by molar-refractivity contribution is -0.125. The molecule has 4 nitrogen and oxygen atoms in total. The SMILES string of the molecule is C[C@H](NC(=O)CCC(=O)N1CCSc2ccccc21)c1ccccc1. The molecular weight excluding hydrogens is 332 g/mol. The van der Waals surface area contributed by atoms with Gasteiger partial charge in [-0.1, -0.05) is 42.5 Å². The predicted octanol–water partition coefficient (Wildman–Crippen LogP) is 3.78. The van der Waals surface area contributed by atoms with Crippen molar-refractivity contribution in [2.75, 3.05) is 17.2 Å². The van der Waals surface area contributed by atoms with Crippen molar-refractivity contribution in [2.45, 2.75) is 30.7 Å². The van der Waals surface area contributed by atoms with Crippen molar-refractivity contribution < 1.29 is 9.59 Å². The normalized spacial score (nSPS) is 14.5. The Morgan fingerprint density at radius 2 is 1.80 bits per heavy atom. The molecule has 0 aliphatic carbocycles. The van der Waals surface area contributed by atoms with Gasteiger partial charge in [-0.05, 0) is 24.6 Å². The third kappa shape index (κ3) is 4.42. The first-order valence-electron chi connectivity index (χ1n) is 8.51. The Hall–Kier alpha value is -2.27. The first-order chi connectivity index (χ1) is 12.1. The summed E-state index contributed by atoms with van der Waals surface area (Å²) in [4.78, 5) is 27.7. The van der Waals surface area contributed by atoms with Gasteiger partial charge in [-0.15, -0.1) is 11.8 Å². The summed E-state index contributed by atoms with van der Waals surface area (Å²) < 4.78 is 0. The van der Waals surface area contributed by atoms with Gasteiger partial charge in [0.25, 0.3) is 0 Å². The number of carbonyl (C=O) groups is 2. The third-order valence-corrected chi connectivity index (χ3v) is 5.32. The quantitative estimate of drug-likeness (QED) is 0.889. The van der Waals surface area contributed by atoms with Crippen LogP contribution in [0.1, 0.15) is 31.4 Å². The van der Waals surface area contributed by atoms with Gasteiger partial charge in [0.2, 0.25) is 11.8 Å². The average Bonchev–Trinajstić information content (AvgIpc) is 2.66. The van der Waals surface area contributed by atoms with E-state index in [0.717, 1.165) is 21.9 Å². The molecule has 130 valence electrons. The van der Waals surface area contributed by atoms with E-state index in [1.54, 1.807) is 16.7 Å². The Balaban J connectivity index is 1.53. The van der Waals surface area contributed by atoms with E-state index in [2.05, 4.69) is 5.32 Å². The summed E-state index contributed by atoms with van der Waals surface area (Å²) in [5.41, 5.74) is 2.02. The molecule has 1 N–H and O–H groups in total. The van der Waals surface area contributed by atoms with Crippen molar-refractivity contribution in [3.05, 3.63) is 60.2 Å². The molecule has 1 aliphatic heterocycles. The Morgan fingerprint density at radius 1 is 1.08 bits per heavy atom. The van der Waals surface area contributed by atoms with Gasteiger partial charge in [-0.25, -0.2) is 0 Å². The van der Waals surface area contributed by atoms with E-state index in [1.165, 1.54) is 0 Å². The van der Waals surface area contributed by atoms with Gasteiger partial charge in [0, 0.05) is 30.0 Å². The minimum atomic E-state index is -0.0932. The van der Waals surface area contributed by atoms with E-state index in [0.29, 0.717) is 6.54 Å². The minimum Gasteiger partial charge on any atom is -0.350 e. The molecule has 25 heavy (non-hydrogen) atoms. The smallest absolute Gasteiger partial charge is 0.227 e. The van der Waals surface area contributed by atoms with Crippen LogP contribution in [-0.2, 0) is 9.59 Å². The molecule has 0 spiro atoms. The number of para-hydroxylation sites is 1. The molecule has 1 atom stereocenters. The number of hydrogen-bond acceptors (Lipinski definition) is 3. The second-order valence-electron chi connectivity index (χ2n) is 6.06. The third-order valence-electron chi connectivity index (χ3n) is 4.27. The van der Waals surface area contributed by atoms with Gasteiger partial charge in [-0.3, -0.25) is 9.59 Å². The Morgan fingerprint density at radius 3 is 2.60 bits per heavy atom. The lowest BCUT2D eigenvalue weighted by atomic mass is 10.1. The van der Waals surface area contributed by atoms with Crippen LogP contribution in [0, 0.1) is 0 Å². The van der Waals surface area contributed by atoms with Gasteiger partial charge in [0.15, 0.2) is 0 Å². The Labute approximate surface area is 152 Å². The van der Waals surface area contributed by atoms with E-state index < -0.39 is 0 Å². The maximum atomic E-state index is 12.6. The van der Waals surface area contributed by atoms with E-state index >= 15 is 0 Å². The number of anilines is 1. The van der Waals surface area contributed by atoms with Crippen LogP contribution < -0.4 is 10.2 Å². The molecule has 1 heterocycles. The highest BCUT2D eigenvalue weighted by molar-refractivity contribution is 7.99. The van der Waals surface area contributed by atoms with E-state index in [1.807, 2.05) is 61.5 Å². The summed E-state index contributed by atoms with van der Waals surface area (Å²) in [6, 6.07) is 17.7. The van der Waals surface area contributed by atoms with E-state index in [9.17, 15) is 9.59 Å². The van der Waals surface area contributed by atoms with Crippen LogP contribution in [0.15, 0.2) is 59.5 Å². The zero-order valence-corrected chi connectivity index (χ0v) is 15.1. The monoisotopic (exact) mass is 354 g/mol. The van der Waals surface area contributed by atoms with Crippen molar-refractivity contribution in [1.29, 1.82) is 0 Å². The van der Waals surface area contributed by atoms with Gasteiger partial charge < -0.3 is 10.2 Å². The molecule has 2 amide bonds. The fourth-order valence-corrected chi connectivity index (χ4v) is 3.92. The lowest BCUT2D eigenvalue weighted by Crippen LogP contribution is -2.36. The second kappa shape index (κ2) is 8.21. The fraction of sp³-hybridized carbons (Fsp3) is 0.300. The van der Waals surface area contributed by atoms with Gasteiger partial charge in [0.1, 0.15) is 0 Å². The van der Waals surface area contributed by atoms with Crippen LogP contribution in [0.25, 0.3) is 0 Å². The van der Waals surface area contributed by atoms with Crippen LogP contribution in [0.2, 0.25) is 0 Å². The zero-order valence-electron chi connectivity index (χ0n) is 14.3. The van der Waals surface area contributed by atoms with Crippen molar-refractivity contribution in [1.82, 2.24) is 5.32 Å². The number of carbonyl (C=O) groups excluding carboxylic acids is 2. The number of hydrogen-bond donors (Lipinski definition) is 1. The summed E-state index contributed by atoms with van der Waals surface area (Å²) in [7, 11) is 0. The first kappa shape index (κ1) is 17.5. The van der Waals surface area contributed by atoms with Crippen molar-refractivity contribution in [3.63, 3.8) is 0 Å². The molecule has 0 saturated heterocycles. The van der Waals surface area contributed by atoms with Crippen molar-refractivity contribution in [3.8, 4) is 0 Å². The molecule has 2 aromatic carbocycles. The van der Waals surface area contributed by atoms with Crippen molar-refractivity contribution in [2.24, 2.45) is 0 Å². The van der Waals surface area contributed by atoms with Crippen molar-refractivity contribution >= 4 is 29.3 Å². The first-order valence-corrected chi connectivity index (χ1v) is 9.50. The molecule has 5 heteroatoms. The number of benzene rings is 2. The maximum absolute atomic E-state index is 12.6. The number of thioether (sulfide) groups is 1. The Kier molecular flexibility index (Phi) is 5.76. The maximum Gasteiger partial charge on any atom is 0.227 e. The van der Waals surface area contributed by atoms with Crippen LogP contribution in [-0.4, -0.2) is 24.1 Å². The minimum absolute atomic E-state index is 0.00950. The Bertz CT molecular complexity index is 748. The molecule has 0 fully saturated rings. The van der Waals surface area contributed by atoms with Gasteiger partial charge in [0.05, 0.1) is 11.7 Å². The highest BCUT2D eigenvalue weighted by Gasteiger charge is 2.23. The molecule has 0 bridgehead atoms. The van der Waals surface area contributed by atoms with Gasteiger partial charge >= 0.3 is 0 Å². The standard InChI is InChI=1S/C20H22N2O2S/c1-15(16-7-3-2-4-8-16)21-19(23)11-12-20(24)22-13-14-25-18-10-6-5-9-17(18)22/h2-10,15H,11-14H2,1H3,(H,21,23)/t15-/m0/s1. The summed E-state index contributed by atoms with van der Waals surface area (Å²) in [5.74, 6) is 0.805. The molecule has 1 aliphatic rings. The number of rotatable bonds is 5. The van der Waals surface area contributed by atoms with Crippen LogP contribution in [0.3, 0.4) is 0 Å². The van der Waals surface area contributed by atoms with Crippen LogP contribution >= 0.6 is 11.8 Å². The number of fused-ring (bicyclic) bond motifs is 1.